The SMILES string of the molecule is O=Cc1ccc2c(c1)=CCC1CC=CC=21. The van der Waals surface area contributed by atoms with Gasteiger partial charge in [0, 0.05) is 5.56 Å². The minimum Gasteiger partial charge on any atom is -0.298 e. The Morgan fingerprint density at radius 1 is 1.27 bits per heavy atom. The molecule has 0 spiro atoms. The van der Waals surface area contributed by atoms with Gasteiger partial charge >= 0.3 is 0 Å². The third kappa shape index (κ3) is 1.27. The molecule has 15 heavy (non-hydrogen) atoms. The van der Waals surface area contributed by atoms with Gasteiger partial charge < -0.3 is 0 Å². The lowest BCUT2D eigenvalue weighted by Crippen LogP contribution is -2.31. The van der Waals surface area contributed by atoms with Crippen molar-refractivity contribution in [2.45, 2.75) is 12.8 Å². The summed E-state index contributed by atoms with van der Waals surface area (Å²) < 4.78 is 0. The van der Waals surface area contributed by atoms with Crippen molar-refractivity contribution in [1.29, 1.82) is 0 Å². The first-order valence-corrected chi connectivity index (χ1v) is 5.34. The molecule has 74 valence electrons. The van der Waals surface area contributed by atoms with Gasteiger partial charge in [0.15, 0.2) is 0 Å². The van der Waals surface area contributed by atoms with Crippen LogP contribution in [0.15, 0.2) is 30.4 Å². The third-order valence-electron chi connectivity index (χ3n) is 3.30. The molecule has 0 saturated carbocycles. The van der Waals surface area contributed by atoms with Crippen molar-refractivity contribution in [1.82, 2.24) is 0 Å². The second kappa shape index (κ2) is 3.20. The topological polar surface area (TPSA) is 17.1 Å². The molecule has 1 heteroatoms. The van der Waals surface area contributed by atoms with E-state index >= 15 is 0 Å². The van der Waals surface area contributed by atoms with Crippen LogP contribution in [0, 0.1) is 5.92 Å². The van der Waals surface area contributed by atoms with Crippen molar-refractivity contribution in [2.75, 3.05) is 0 Å². The van der Waals surface area contributed by atoms with Gasteiger partial charge in [0.1, 0.15) is 6.29 Å². The molecule has 0 aliphatic heterocycles. The lowest BCUT2D eigenvalue weighted by molar-refractivity contribution is 0.112. The van der Waals surface area contributed by atoms with Crippen molar-refractivity contribution in [3.63, 3.8) is 0 Å². The summed E-state index contributed by atoms with van der Waals surface area (Å²) in [5, 5.41) is 2.53. The van der Waals surface area contributed by atoms with Crippen LogP contribution in [0.3, 0.4) is 0 Å². The Labute approximate surface area is 88.4 Å². The van der Waals surface area contributed by atoms with Crippen molar-refractivity contribution < 1.29 is 4.79 Å². The number of hydrogen-bond acceptors (Lipinski definition) is 1. The van der Waals surface area contributed by atoms with Crippen LogP contribution < -0.4 is 10.4 Å². The van der Waals surface area contributed by atoms with E-state index in [9.17, 15) is 4.79 Å². The van der Waals surface area contributed by atoms with Crippen LogP contribution in [-0.2, 0) is 0 Å². The van der Waals surface area contributed by atoms with E-state index in [1.54, 1.807) is 0 Å². The fourth-order valence-electron chi connectivity index (χ4n) is 2.51. The number of allylic oxidation sites excluding steroid dienone is 2. The highest BCUT2D eigenvalue weighted by Crippen LogP contribution is 2.28. The maximum atomic E-state index is 10.7. The van der Waals surface area contributed by atoms with Crippen LogP contribution >= 0.6 is 0 Å². The van der Waals surface area contributed by atoms with E-state index in [1.807, 2.05) is 12.1 Å². The highest BCUT2D eigenvalue weighted by Gasteiger charge is 2.18. The second-order valence-electron chi connectivity index (χ2n) is 4.19. The van der Waals surface area contributed by atoms with Gasteiger partial charge in [-0.25, -0.2) is 0 Å². The fourth-order valence-corrected chi connectivity index (χ4v) is 2.51. The molecule has 0 amide bonds. The summed E-state index contributed by atoms with van der Waals surface area (Å²) in [5.74, 6) is 0.680. The van der Waals surface area contributed by atoms with Crippen LogP contribution in [-0.4, -0.2) is 6.29 Å². The van der Waals surface area contributed by atoms with E-state index in [4.69, 9.17) is 0 Å². The molecular formula is C14H12O. The first kappa shape index (κ1) is 8.66. The smallest absolute Gasteiger partial charge is 0.150 e. The molecule has 3 rings (SSSR count). The zero-order valence-corrected chi connectivity index (χ0v) is 8.44. The summed E-state index contributed by atoms with van der Waals surface area (Å²) in [5.41, 5.74) is 2.22. The molecule has 1 atom stereocenters. The minimum absolute atomic E-state index is 0.680. The van der Waals surface area contributed by atoms with Crippen LogP contribution in [0.5, 0.6) is 0 Å². The van der Waals surface area contributed by atoms with Crippen molar-refractivity contribution in [3.8, 4) is 0 Å². The van der Waals surface area contributed by atoms with E-state index in [1.165, 1.54) is 22.4 Å². The standard InChI is InChI=1S/C14H12O/c15-9-10-4-7-14-12(8-10)6-5-11-2-1-3-13(11)14/h1,3-4,6-9,11H,2,5H2. The maximum Gasteiger partial charge on any atom is 0.150 e. The van der Waals surface area contributed by atoms with Gasteiger partial charge in [-0.15, -0.1) is 0 Å². The lowest BCUT2D eigenvalue weighted by atomic mass is 9.90. The molecule has 2 aliphatic carbocycles. The number of carbonyl (C=O) groups is 1. The summed E-state index contributed by atoms with van der Waals surface area (Å²) >= 11 is 0. The summed E-state index contributed by atoms with van der Waals surface area (Å²) in [7, 11) is 0. The zero-order valence-electron chi connectivity index (χ0n) is 8.44. The van der Waals surface area contributed by atoms with E-state index in [2.05, 4.69) is 24.3 Å². The Morgan fingerprint density at radius 3 is 3.07 bits per heavy atom. The number of rotatable bonds is 1. The predicted octanol–water partition coefficient (Wildman–Crippen LogP) is 1.41. The average molecular weight is 196 g/mol. The van der Waals surface area contributed by atoms with Crippen LogP contribution in [0.25, 0.3) is 11.6 Å². The molecular weight excluding hydrogens is 184 g/mol. The molecule has 0 N–H and O–H groups in total. The first-order chi connectivity index (χ1) is 7.38. The molecule has 0 aromatic heterocycles. The normalized spacial score (nSPS) is 21.9. The predicted molar refractivity (Wildman–Crippen MR) is 60.8 cm³/mol. The van der Waals surface area contributed by atoms with Gasteiger partial charge in [-0.1, -0.05) is 30.4 Å². The van der Waals surface area contributed by atoms with Crippen molar-refractivity contribution in [2.24, 2.45) is 5.92 Å². The van der Waals surface area contributed by atoms with Gasteiger partial charge in [-0.2, -0.15) is 0 Å². The Hall–Kier alpha value is -1.63. The van der Waals surface area contributed by atoms with Crippen LogP contribution in [0.4, 0.5) is 0 Å². The summed E-state index contributed by atoms with van der Waals surface area (Å²) in [6.07, 6.45) is 9.92. The Bertz CT molecular complexity index is 563. The number of aldehydes is 1. The van der Waals surface area contributed by atoms with Gasteiger partial charge in [-0.05, 0) is 40.8 Å². The molecule has 1 aromatic carbocycles. The third-order valence-corrected chi connectivity index (χ3v) is 3.30. The van der Waals surface area contributed by atoms with Crippen LogP contribution in [0.2, 0.25) is 0 Å². The molecule has 1 nitrogen and oxygen atoms in total. The average Bonchev–Trinajstić information content (AvgIpc) is 2.76. The fraction of sp³-hybridized carbons (Fsp3) is 0.214. The Balaban J connectivity index is 2.35. The number of hydrogen-bond donors (Lipinski definition) is 0. The molecule has 0 saturated heterocycles. The van der Waals surface area contributed by atoms with E-state index in [0.29, 0.717) is 5.92 Å². The molecule has 0 fully saturated rings. The monoisotopic (exact) mass is 196 g/mol. The Morgan fingerprint density at radius 2 is 2.20 bits per heavy atom. The van der Waals surface area contributed by atoms with Gasteiger partial charge in [-0.3, -0.25) is 4.79 Å². The van der Waals surface area contributed by atoms with Crippen LogP contribution in [0.1, 0.15) is 23.2 Å². The molecule has 0 radical (unpaired) electrons. The first-order valence-electron chi connectivity index (χ1n) is 5.34. The second-order valence-corrected chi connectivity index (χ2v) is 4.19. The zero-order chi connectivity index (χ0) is 10.3. The highest BCUT2D eigenvalue weighted by atomic mass is 16.1. The minimum atomic E-state index is 0.680. The van der Waals surface area contributed by atoms with Crippen molar-refractivity contribution >= 4 is 17.9 Å². The molecule has 2 aliphatic rings. The molecule has 1 unspecified atom stereocenters. The maximum absolute atomic E-state index is 10.7. The quantitative estimate of drug-likeness (QED) is 0.621. The molecule has 0 bridgehead atoms. The van der Waals surface area contributed by atoms with Gasteiger partial charge in [0.05, 0.1) is 0 Å². The number of fused-ring (bicyclic) bond motifs is 2. The van der Waals surface area contributed by atoms with E-state index < -0.39 is 0 Å². The number of benzene rings is 1. The van der Waals surface area contributed by atoms with Crippen molar-refractivity contribution in [3.05, 3.63) is 46.4 Å². The van der Waals surface area contributed by atoms with E-state index in [0.717, 1.165) is 18.3 Å². The van der Waals surface area contributed by atoms with E-state index in [-0.39, 0.29) is 0 Å². The molecule has 0 heterocycles. The summed E-state index contributed by atoms with van der Waals surface area (Å²) in [6.45, 7) is 0. The van der Waals surface area contributed by atoms with Gasteiger partial charge in [0.25, 0.3) is 0 Å². The number of carbonyl (C=O) groups excluding carboxylic acids is 1. The largest absolute Gasteiger partial charge is 0.298 e. The van der Waals surface area contributed by atoms with Gasteiger partial charge in [0.2, 0.25) is 0 Å². The lowest BCUT2D eigenvalue weighted by Gasteiger charge is -2.14. The summed E-state index contributed by atoms with van der Waals surface area (Å²) in [6, 6.07) is 5.96. The summed E-state index contributed by atoms with van der Waals surface area (Å²) in [4.78, 5) is 10.7. The molecule has 1 aromatic rings. The highest BCUT2D eigenvalue weighted by molar-refractivity contribution is 5.75. The Kier molecular flexibility index (Phi) is 1.84.